The van der Waals surface area contributed by atoms with Crippen LogP contribution in [0, 0.1) is 28.5 Å². The van der Waals surface area contributed by atoms with E-state index in [-0.39, 0.29) is 23.5 Å². The van der Waals surface area contributed by atoms with Crippen molar-refractivity contribution in [3.05, 3.63) is 24.0 Å². The Bertz CT molecular complexity index is 622. The number of nitrogens with zero attached hydrogens (tertiary/aromatic N) is 3. The van der Waals surface area contributed by atoms with Crippen LogP contribution < -0.4 is 10.7 Å². The highest BCUT2D eigenvalue weighted by molar-refractivity contribution is 6.10. The van der Waals surface area contributed by atoms with E-state index in [1.807, 2.05) is 0 Å². The van der Waals surface area contributed by atoms with Gasteiger partial charge in [-0.1, -0.05) is 6.07 Å². The van der Waals surface area contributed by atoms with Crippen LogP contribution in [0.4, 0.5) is 15.8 Å². The molecule has 3 N–H and O–H groups in total. The first kappa shape index (κ1) is 15.7. The predicted octanol–water partition coefficient (Wildman–Crippen LogP) is 2.36. The van der Waals surface area contributed by atoms with E-state index >= 15 is 0 Å². The smallest absolute Gasteiger partial charge is 0.237 e. The minimum absolute atomic E-state index is 0.0941. The van der Waals surface area contributed by atoms with E-state index in [1.165, 1.54) is 6.07 Å². The molecule has 0 saturated heterocycles. The number of aliphatic hydroxyl groups excluding tert-OH is 1. The van der Waals surface area contributed by atoms with Gasteiger partial charge >= 0.3 is 0 Å². The van der Waals surface area contributed by atoms with E-state index < -0.39 is 5.82 Å². The number of nitrogens with one attached hydrogen (secondary N) is 2. The van der Waals surface area contributed by atoms with E-state index in [4.69, 9.17) is 10.5 Å². The van der Waals surface area contributed by atoms with Gasteiger partial charge in [-0.15, -0.1) is 0 Å². The van der Waals surface area contributed by atoms with Gasteiger partial charge in [0.1, 0.15) is 23.6 Å². The Hall–Kier alpha value is -2.64. The number of nitriles is 2. The summed E-state index contributed by atoms with van der Waals surface area (Å²) in [6, 6.07) is 7.88. The molecule has 0 spiro atoms. The topological polar surface area (TPSA) is 104 Å². The van der Waals surface area contributed by atoms with Gasteiger partial charge in [0, 0.05) is 6.04 Å². The summed E-state index contributed by atoms with van der Waals surface area (Å²) < 4.78 is 13.9. The van der Waals surface area contributed by atoms with Gasteiger partial charge in [0.25, 0.3) is 0 Å². The summed E-state index contributed by atoms with van der Waals surface area (Å²) in [5.74, 6) is -0.528. The molecule has 0 atom stereocenters. The second kappa shape index (κ2) is 7.39. The first-order valence-corrected chi connectivity index (χ1v) is 7.01. The second-order valence-corrected chi connectivity index (χ2v) is 5.11. The number of benzene rings is 1. The highest BCUT2D eigenvalue weighted by Crippen LogP contribution is 2.29. The van der Waals surface area contributed by atoms with Crippen LogP contribution in [-0.4, -0.2) is 23.0 Å². The maximum Gasteiger partial charge on any atom is 0.237 e. The summed E-state index contributed by atoms with van der Waals surface area (Å²) in [7, 11) is 0. The molecular weight excluding hydrogens is 285 g/mol. The third kappa shape index (κ3) is 3.94. The highest BCUT2D eigenvalue weighted by atomic mass is 19.1. The van der Waals surface area contributed by atoms with Crippen LogP contribution in [0.25, 0.3) is 0 Å². The molecule has 1 aliphatic carbocycles. The zero-order chi connectivity index (χ0) is 15.9. The molecule has 0 radical (unpaired) electrons. The van der Waals surface area contributed by atoms with Gasteiger partial charge in [-0.2, -0.15) is 15.6 Å². The molecule has 114 valence electrons. The molecule has 6 nitrogen and oxygen atoms in total. The van der Waals surface area contributed by atoms with Crippen LogP contribution in [0.1, 0.15) is 25.7 Å². The van der Waals surface area contributed by atoms with Crippen LogP contribution in [0.15, 0.2) is 23.3 Å². The quantitative estimate of drug-likeness (QED) is 0.585. The predicted molar refractivity (Wildman–Crippen MR) is 80.6 cm³/mol. The molecule has 1 saturated carbocycles. The average Bonchev–Trinajstić information content (AvgIpc) is 2.52. The highest BCUT2D eigenvalue weighted by Gasteiger charge is 2.20. The summed E-state index contributed by atoms with van der Waals surface area (Å²) in [6.07, 6.45) is 2.74. The number of anilines is 2. The summed E-state index contributed by atoms with van der Waals surface area (Å²) in [5, 5.41) is 33.6. The first-order chi connectivity index (χ1) is 10.6. The average molecular weight is 301 g/mol. The zero-order valence-electron chi connectivity index (χ0n) is 11.9. The zero-order valence-corrected chi connectivity index (χ0v) is 11.9. The minimum Gasteiger partial charge on any atom is -0.393 e. The van der Waals surface area contributed by atoms with Crippen molar-refractivity contribution in [1.29, 1.82) is 10.5 Å². The Labute approximate surface area is 127 Å². The minimum atomic E-state index is -0.528. The third-order valence-electron chi connectivity index (χ3n) is 3.56. The van der Waals surface area contributed by atoms with E-state index in [2.05, 4.69) is 15.8 Å². The molecule has 1 fully saturated rings. The molecule has 7 heteroatoms. The number of hydrazone groups is 1. The Kier molecular flexibility index (Phi) is 5.29. The molecule has 0 aromatic heterocycles. The summed E-state index contributed by atoms with van der Waals surface area (Å²) >= 11 is 0. The van der Waals surface area contributed by atoms with Crippen LogP contribution >= 0.6 is 0 Å². The fraction of sp³-hybridized carbons (Fsp3) is 0.400. The molecule has 1 aromatic rings. The van der Waals surface area contributed by atoms with Gasteiger partial charge in [-0.25, -0.2) is 4.39 Å². The van der Waals surface area contributed by atoms with Crippen molar-refractivity contribution < 1.29 is 9.50 Å². The Balaban J connectivity index is 2.15. The fourth-order valence-electron chi connectivity index (χ4n) is 2.38. The van der Waals surface area contributed by atoms with Crippen molar-refractivity contribution in [3.63, 3.8) is 0 Å². The molecule has 2 rings (SSSR count). The number of halogens is 1. The van der Waals surface area contributed by atoms with Gasteiger partial charge in [0.15, 0.2) is 0 Å². The summed E-state index contributed by atoms with van der Waals surface area (Å²) in [4.78, 5) is 0. The molecule has 0 heterocycles. The van der Waals surface area contributed by atoms with Crippen molar-refractivity contribution in [2.45, 2.75) is 37.8 Å². The molecule has 0 bridgehead atoms. The number of hydrogen-bond acceptors (Lipinski definition) is 6. The van der Waals surface area contributed by atoms with Crippen molar-refractivity contribution in [2.24, 2.45) is 5.10 Å². The molecule has 22 heavy (non-hydrogen) atoms. The van der Waals surface area contributed by atoms with Crippen LogP contribution in [0.2, 0.25) is 0 Å². The van der Waals surface area contributed by atoms with Gasteiger partial charge in [-0.05, 0) is 37.8 Å². The van der Waals surface area contributed by atoms with Crippen molar-refractivity contribution in [3.8, 4) is 12.1 Å². The maximum atomic E-state index is 13.9. The molecule has 0 aliphatic heterocycles. The van der Waals surface area contributed by atoms with E-state index in [0.717, 1.165) is 12.8 Å². The molecule has 0 amide bonds. The van der Waals surface area contributed by atoms with E-state index in [0.29, 0.717) is 18.5 Å². The molecule has 0 unspecified atom stereocenters. The fourth-order valence-corrected chi connectivity index (χ4v) is 2.38. The third-order valence-corrected chi connectivity index (χ3v) is 3.56. The van der Waals surface area contributed by atoms with E-state index in [9.17, 15) is 9.50 Å². The lowest BCUT2D eigenvalue weighted by Crippen LogP contribution is -2.28. The molecule has 1 aliphatic rings. The lowest BCUT2D eigenvalue weighted by Gasteiger charge is -2.27. The summed E-state index contributed by atoms with van der Waals surface area (Å²) in [6.45, 7) is 0. The number of aliphatic hydroxyl groups is 1. The second-order valence-electron chi connectivity index (χ2n) is 5.11. The summed E-state index contributed by atoms with van der Waals surface area (Å²) in [5.41, 5.74) is 2.67. The number of hydrogen-bond donors (Lipinski definition) is 3. The SMILES string of the molecule is N#CC(C#N)=NNc1c(F)cccc1NC1CCC(O)CC1. The van der Waals surface area contributed by atoms with Crippen molar-refractivity contribution in [2.75, 3.05) is 10.7 Å². The van der Waals surface area contributed by atoms with Gasteiger partial charge < -0.3 is 10.4 Å². The Morgan fingerprint density at radius 1 is 1.23 bits per heavy atom. The molecular formula is C15H16FN5O. The van der Waals surface area contributed by atoms with Gasteiger partial charge in [-0.3, -0.25) is 5.43 Å². The van der Waals surface area contributed by atoms with Crippen molar-refractivity contribution in [1.82, 2.24) is 0 Å². The molecule has 1 aromatic carbocycles. The first-order valence-electron chi connectivity index (χ1n) is 7.01. The maximum absolute atomic E-state index is 13.9. The Morgan fingerprint density at radius 3 is 2.55 bits per heavy atom. The monoisotopic (exact) mass is 301 g/mol. The van der Waals surface area contributed by atoms with Crippen LogP contribution in [-0.2, 0) is 0 Å². The van der Waals surface area contributed by atoms with E-state index in [1.54, 1.807) is 24.3 Å². The van der Waals surface area contributed by atoms with Crippen LogP contribution in [0.5, 0.6) is 0 Å². The number of rotatable bonds is 4. The normalized spacial score (nSPS) is 20.4. The van der Waals surface area contributed by atoms with Gasteiger partial charge in [0.05, 0.1) is 11.8 Å². The Morgan fingerprint density at radius 2 is 1.91 bits per heavy atom. The van der Waals surface area contributed by atoms with Crippen molar-refractivity contribution >= 4 is 17.1 Å². The largest absolute Gasteiger partial charge is 0.393 e. The van der Waals surface area contributed by atoms with Crippen LogP contribution in [0.3, 0.4) is 0 Å². The van der Waals surface area contributed by atoms with Gasteiger partial charge in [0.2, 0.25) is 5.71 Å². The number of para-hydroxylation sites is 1. The standard InChI is InChI=1S/C15H16FN5O/c16-13-2-1-3-14(15(13)21-20-11(8-17)9-18)19-10-4-6-12(22)7-5-10/h1-3,10,12,19,21-22H,4-7H2. The lowest BCUT2D eigenvalue weighted by atomic mass is 9.93. The lowest BCUT2D eigenvalue weighted by molar-refractivity contribution is 0.126.